The fourth-order valence-electron chi connectivity index (χ4n) is 7.54. The van der Waals surface area contributed by atoms with E-state index in [0.717, 1.165) is 21.9 Å². The Morgan fingerprint density at radius 2 is 1.42 bits per heavy atom. The first-order valence-electron chi connectivity index (χ1n) is 14.4. The highest BCUT2D eigenvalue weighted by Gasteiger charge is 2.76. The summed E-state index contributed by atoms with van der Waals surface area (Å²) in [7, 11) is 0. The number of imide groups is 2. The molecule has 2 aliphatic carbocycles. The minimum Gasteiger partial charge on any atom is -0.508 e. The smallest absolute Gasteiger partial charge is 0.258 e. The second-order valence-corrected chi connectivity index (χ2v) is 13.2. The summed E-state index contributed by atoms with van der Waals surface area (Å²) in [5, 5.41) is 10.0. The van der Waals surface area contributed by atoms with Gasteiger partial charge < -0.3 is 5.11 Å². The van der Waals surface area contributed by atoms with E-state index < -0.39 is 62.9 Å². The Morgan fingerprint density at radius 3 is 2.04 bits per heavy atom. The van der Waals surface area contributed by atoms with E-state index in [9.17, 15) is 33.5 Å². The predicted octanol–water partition coefficient (Wildman–Crippen LogP) is 5.50. The number of carbonyl (C=O) groups excluding carboxylic acids is 5. The lowest BCUT2D eigenvalue weighted by molar-refractivity contribution is -0.125. The van der Waals surface area contributed by atoms with Crippen molar-refractivity contribution in [3.05, 3.63) is 101 Å². The monoisotopic (exact) mass is 646 g/mol. The average Bonchev–Trinajstić information content (AvgIpc) is 3.36. The molecule has 1 N–H and O–H groups in total. The van der Waals surface area contributed by atoms with Crippen LogP contribution in [-0.4, -0.2) is 44.3 Å². The van der Waals surface area contributed by atoms with Gasteiger partial charge in [-0.25, -0.2) is 9.29 Å². The Morgan fingerprint density at radius 1 is 0.822 bits per heavy atom. The summed E-state index contributed by atoms with van der Waals surface area (Å²) in [4.78, 5) is 66.1. The lowest BCUT2D eigenvalue weighted by atomic mass is 9.56. The van der Waals surface area contributed by atoms with Crippen LogP contribution in [0.4, 0.5) is 15.8 Å². The quantitative estimate of drug-likeness (QED) is 0.173. The van der Waals surface area contributed by atoms with Gasteiger partial charge in [0, 0.05) is 11.5 Å². The van der Waals surface area contributed by atoms with Gasteiger partial charge in [-0.05, 0) is 91.9 Å². The molecule has 4 amide bonds. The Balaban J connectivity index is 1.36. The lowest BCUT2D eigenvalue weighted by Crippen LogP contribution is -2.60. The molecule has 45 heavy (non-hydrogen) atoms. The molecule has 2 heterocycles. The molecule has 228 valence electrons. The Hall–Kier alpha value is -4.34. The Bertz CT molecular complexity index is 1840. The zero-order valence-corrected chi connectivity index (χ0v) is 25.3. The van der Waals surface area contributed by atoms with Crippen molar-refractivity contribution in [3.8, 4) is 5.75 Å². The molecule has 3 fully saturated rings. The predicted molar refractivity (Wildman–Crippen MR) is 164 cm³/mol. The van der Waals surface area contributed by atoms with Crippen molar-refractivity contribution in [2.75, 3.05) is 9.80 Å². The molecule has 3 aromatic rings. The van der Waals surface area contributed by atoms with Crippen LogP contribution in [-0.2, 0) is 19.2 Å². The highest BCUT2D eigenvalue weighted by atomic mass is 35.5. The maximum atomic E-state index is 14.3. The SMILES string of the molecule is CC(=O)c1ccc(N2C(=O)[C@H]3[C@H](CC=C4[C@H]3C[C@@]3(Cl)C(=O)N(c5ccc(F)cc5)C(=O)[C@@]3(Cl)[C@H]4c3ccc(O)cc3)C2=O)cc1. The number of benzene rings is 3. The molecule has 6 atom stereocenters. The van der Waals surface area contributed by atoms with Crippen molar-refractivity contribution in [3.63, 3.8) is 0 Å². The Labute approximate surface area is 267 Å². The van der Waals surface area contributed by atoms with Gasteiger partial charge in [0.05, 0.1) is 23.2 Å². The molecular weight excluding hydrogens is 622 g/mol. The van der Waals surface area contributed by atoms with Crippen LogP contribution >= 0.6 is 23.2 Å². The number of nitrogens with zero attached hydrogens (tertiary/aromatic N) is 2. The van der Waals surface area contributed by atoms with Crippen molar-refractivity contribution >= 4 is 64.0 Å². The van der Waals surface area contributed by atoms with Crippen LogP contribution in [0.15, 0.2) is 84.4 Å². The minimum absolute atomic E-state index is 0.0330. The normalized spacial score (nSPS) is 30.6. The first-order valence-corrected chi connectivity index (χ1v) is 15.1. The van der Waals surface area contributed by atoms with E-state index in [1.54, 1.807) is 36.4 Å². The number of hydrogen-bond donors (Lipinski definition) is 1. The first-order chi connectivity index (χ1) is 21.4. The number of rotatable bonds is 4. The lowest BCUT2D eigenvalue weighted by Gasteiger charge is -2.50. The van der Waals surface area contributed by atoms with Gasteiger partial charge in [-0.2, -0.15) is 0 Å². The van der Waals surface area contributed by atoms with E-state index in [2.05, 4.69) is 0 Å². The van der Waals surface area contributed by atoms with Gasteiger partial charge >= 0.3 is 0 Å². The second-order valence-electron chi connectivity index (χ2n) is 12.0. The van der Waals surface area contributed by atoms with Crippen LogP contribution in [0.25, 0.3) is 0 Å². The molecule has 2 saturated heterocycles. The zero-order valence-electron chi connectivity index (χ0n) is 23.7. The third-order valence-corrected chi connectivity index (χ3v) is 11.1. The van der Waals surface area contributed by atoms with Crippen LogP contribution in [0.3, 0.4) is 0 Å². The molecule has 7 rings (SSSR count). The number of allylic oxidation sites excluding steroid dienone is 2. The minimum atomic E-state index is -2.06. The molecule has 1 saturated carbocycles. The number of phenols is 1. The van der Waals surface area contributed by atoms with E-state index in [1.165, 1.54) is 31.2 Å². The maximum absolute atomic E-state index is 14.3. The highest BCUT2D eigenvalue weighted by molar-refractivity contribution is 6.58. The first kappa shape index (κ1) is 29.4. The molecule has 11 heteroatoms. The summed E-state index contributed by atoms with van der Waals surface area (Å²) < 4.78 is 13.8. The summed E-state index contributed by atoms with van der Waals surface area (Å²) in [6.45, 7) is 1.42. The summed E-state index contributed by atoms with van der Waals surface area (Å²) in [6, 6.07) is 17.0. The summed E-state index contributed by atoms with van der Waals surface area (Å²) >= 11 is 14.6. The van der Waals surface area contributed by atoms with Crippen molar-refractivity contribution < 1.29 is 33.5 Å². The van der Waals surface area contributed by atoms with E-state index in [-0.39, 0.29) is 30.1 Å². The third kappa shape index (κ3) is 3.99. The van der Waals surface area contributed by atoms with Gasteiger partial charge in [0.25, 0.3) is 11.8 Å². The zero-order chi connectivity index (χ0) is 32.0. The molecule has 0 aromatic heterocycles. The molecule has 0 spiro atoms. The molecule has 3 aromatic carbocycles. The summed E-state index contributed by atoms with van der Waals surface area (Å²) in [6.07, 6.45) is 1.79. The number of hydrogen-bond acceptors (Lipinski definition) is 6. The van der Waals surface area contributed by atoms with Gasteiger partial charge in [0.15, 0.2) is 15.5 Å². The van der Waals surface area contributed by atoms with Gasteiger partial charge in [0.1, 0.15) is 11.6 Å². The van der Waals surface area contributed by atoms with Gasteiger partial charge in [-0.1, -0.05) is 23.8 Å². The number of amides is 4. The van der Waals surface area contributed by atoms with E-state index in [0.29, 0.717) is 22.4 Å². The molecule has 4 aliphatic rings. The number of aromatic hydroxyl groups is 1. The van der Waals surface area contributed by atoms with Crippen LogP contribution in [0.1, 0.15) is 41.6 Å². The van der Waals surface area contributed by atoms with Gasteiger partial charge in [0.2, 0.25) is 11.8 Å². The number of carbonyl (C=O) groups is 5. The van der Waals surface area contributed by atoms with Crippen LogP contribution in [0, 0.1) is 23.6 Å². The topological polar surface area (TPSA) is 112 Å². The number of ketones is 1. The van der Waals surface area contributed by atoms with Crippen molar-refractivity contribution in [2.24, 2.45) is 17.8 Å². The van der Waals surface area contributed by atoms with Crippen LogP contribution < -0.4 is 9.80 Å². The Kier molecular flexibility index (Phi) is 6.58. The van der Waals surface area contributed by atoms with Gasteiger partial charge in [-0.15, -0.1) is 23.2 Å². The fourth-order valence-corrected chi connectivity index (χ4v) is 8.47. The molecule has 0 unspecified atom stereocenters. The number of Topliss-reactive ketones (excluding diaryl/α,β-unsaturated/α-hetero) is 1. The fraction of sp³-hybridized carbons (Fsp3) is 0.265. The van der Waals surface area contributed by atoms with E-state index in [1.807, 2.05) is 6.08 Å². The van der Waals surface area contributed by atoms with Crippen LogP contribution in [0.2, 0.25) is 0 Å². The standard InChI is InChI=1S/C34H25Cl2FN2O6/c1-17(40)18-2-8-21(9-3-18)38-29(42)25-15-14-24-26(27(25)30(38)43)16-33(35)31(44)39(22-10-6-20(37)7-11-22)32(45)34(33,36)28(24)19-4-12-23(41)13-5-19/h2-14,25-28,41H,15-16H2,1H3/t25-,26+,27-,28-,33+,34-/m0/s1. The van der Waals surface area contributed by atoms with E-state index >= 15 is 0 Å². The molecule has 0 radical (unpaired) electrons. The summed E-state index contributed by atoms with van der Waals surface area (Å²) in [5.41, 5.74) is 1.93. The van der Waals surface area contributed by atoms with Crippen LogP contribution in [0.5, 0.6) is 5.75 Å². The van der Waals surface area contributed by atoms with Gasteiger partial charge in [-0.3, -0.25) is 28.9 Å². The molecule has 8 nitrogen and oxygen atoms in total. The molecule has 0 bridgehead atoms. The number of halogens is 3. The molecule has 2 aliphatic heterocycles. The van der Waals surface area contributed by atoms with Crippen molar-refractivity contribution in [1.82, 2.24) is 0 Å². The number of anilines is 2. The average molecular weight is 647 g/mol. The number of fused-ring (bicyclic) bond motifs is 4. The maximum Gasteiger partial charge on any atom is 0.258 e. The van der Waals surface area contributed by atoms with E-state index in [4.69, 9.17) is 23.2 Å². The second kappa shape index (κ2) is 10.1. The summed E-state index contributed by atoms with van der Waals surface area (Å²) in [5.74, 6) is -6.65. The largest absolute Gasteiger partial charge is 0.508 e. The molecular formula is C34H25Cl2FN2O6. The highest BCUT2D eigenvalue weighted by Crippen LogP contribution is 2.65. The number of alkyl halides is 2. The third-order valence-electron chi connectivity index (χ3n) is 9.65. The number of phenolic OH excluding ortho intramolecular Hbond substituents is 1. The van der Waals surface area contributed by atoms with Crippen molar-refractivity contribution in [1.29, 1.82) is 0 Å². The van der Waals surface area contributed by atoms with Crippen molar-refractivity contribution in [2.45, 2.75) is 35.4 Å².